The number of nitrogens with two attached hydrogens (primary N) is 1. The number of carbonyl (C=O) groups is 2. The van der Waals surface area contributed by atoms with E-state index in [0.717, 1.165) is 0 Å². The lowest BCUT2D eigenvalue weighted by Crippen LogP contribution is -2.46. The minimum Gasteiger partial charge on any atom is -0.368 e. The summed E-state index contributed by atoms with van der Waals surface area (Å²) in [5.41, 5.74) is 5.10. The molecule has 0 fully saturated rings. The third-order valence-electron chi connectivity index (χ3n) is 1.71. The van der Waals surface area contributed by atoms with E-state index in [2.05, 4.69) is 10.6 Å². The summed E-state index contributed by atoms with van der Waals surface area (Å²) in [7, 11) is 0. The molecule has 1 atom stereocenters. The van der Waals surface area contributed by atoms with Crippen molar-refractivity contribution in [2.75, 3.05) is 6.54 Å². The lowest BCUT2D eigenvalue weighted by molar-refractivity contribution is -0.122. The molecule has 0 radical (unpaired) electrons. The summed E-state index contributed by atoms with van der Waals surface area (Å²) in [5, 5.41) is 5.49. The standard InChI is InChI=1S/C9H19N3O2/c1-4-7(9(10)14)11-5-8(13)12-6(2)3/h6-7,11H,4-5H2,1-3H3,(H2,10,14)(H,12,13). The smallest absolute Gasteiger partial charge is 0.234 e. The number of rotatable bonds is 6. The lowest BCUT2D eigenvalue weighted by Gasteiger charge is -2.14. The van der Waals surface area contributed by atoms with Gasteiger partial charge in [0.2, 0.25) is 11.8 Å². The number of hydrogen-bond donors (Lipinski definition) is 3. The monoisotopic (exact) mass is 201 g/mol. The van der Waals surface area contributed by atoms with Crippen molar-refractivity contribution in [3.8, 4) is 0 Å². The molecule has 0 aliphatic carbocycles. The highest BCUT2D eigenvalue weighted by molar-refractivity contribution is 5.82. The summed E-state index contributed by atoms with van der Waals surface area (Å²) < 4.78 is 0. The third-order valence-corrected chi connectivity index (χ3v) is 1.71. The first-order valence-corrected chi connectivity index (χ1v) is 4.79. The zero-order valence-electron chi connectivity index (χ0n) is 8.96. The van der Waals surface area contributed by atoms with Crippen LogP contribution in [-0.2, 0) is 9.59 Å². The maximum atomic E-state index is 11.2. The fourth-order valence-electron chi connectivity index (χ4n) is 1.04. The second-order valence-electron chi connectivity index (χ2n) is 3.47. The maximum Gasteiger partial charge on any atom is 0.234 e. The molecule has 5 heteroatoms. The van der Waals surface area contributed by atoms with Gasteiger partial charge in [0, 0.05) is 6.04 Å². The molecule has 0 aliphatic heterocycles. The van der Waals surface area contributed by atoms with Crippen LogP contribution in [0.3, 0.4) is 0 Å². The van der Waals surface area contributed by atoms with Crippen LogP contribution < -0.4 is 16.4 Å². The third kappa shape index (κ3) is 5.53. The topological polar surface area (TPSA) is 84.2 Å². The highest BCUT2D eigenvalue weighted by Gasteiger charge is 2.13. The Kier molecular flexibility index (Phi) is 5.87. The van der Waals surface area contributed by atoms with E-state index >= 15 is 0 Å². The summed E-state index contributed by atoms with van der Waals surface area (Å²) in [6, 6.07) is -0.314. The van der Waals surface area contributed by atoms with E-state index in [0.29, 0.717) is 6.42 Å². The Hall–Kier alpha value is -1.10. The van der Waals surface area contributed by atoms with Gasteiger partial charge in [0.25, 0.3) is 0 Å². The highest BCUT2D eigenvalue weighted by Crippen LogP contribution is 1.88. The van der Waals surface area contributed by atoms with E-state index in [4.69, 9.17) is 5.73 Å². The normalized spacial score (nSPS) is 12.6. The van der Waals surface area contributed by atoms with Crippen molar-refractivity contribution in [1.82, 2.24) is 10.6 Å². The molecule has 0 bridgehead atoms. The Morgan fingerprint density at radius 2 is 1.93 bits per heavy atom. The van der Waals surface area contributed by atoms with Crippen LogP contribution >= 0.6 is 0 Å². The van der Waals surface area contributed by atoms with Crippen molar-refractivity contribution in [2.24, 2.45) is 5.73 Å². The van der Waals surface area contributed by atoms with Crippen LogP contribution in [0.25, 0.3) is 0 Å². The van der Waals surface area contributed by atoms with Crippen LogP contribution in [0.1, 0.15) is 27.2 Å². The molecule has 0 saturated carbocycles. The van der Waals surface area contributed by atoms with Crippen LogP contribution in [0.4, 0.5) is 0 Å². The maximum absolute atomic E-state index is 11.2. The van der Waals surface area contributed by atoms with Crippen molar-refractivity contribution in [1.29, 1.82) is 0 Å². The quantitative estimate of drug-likeness (QED) is 0.534. The molecule has 14 heavy (non-hydrogen) atoms. The van der Waals surface area contributed by atoms with E-state index in [1.807, 2.05) is 20.8 Å². The van der Waals surface area contributed by atoms with E-state index in [9.17, 15) is 9.59 Å². The number of nitrogens with one attached hydrogen (secondary N) is 2. The molecule has 0 spiro atoms. The minimum absolute atomic E-state index is 0.109. The molecule has 0 aromatic rings. The van der Waals surface area contributed by atoms with Gasteiger partial charge in [-0.15, -0.1) is 0 Å². The summed E-state index contributed by atoms with van der Waals surface area (Å²) in [4.78, 5) is 22.0. The molecule has 0 rings (SSSR count). The molecule has 0 heterocycles. The van der Waals surface area contributed by atoms with Crippen molar-refractivity contribution >= 4 is 11.8 Å². The molecule has 0 aliphatic rings. The van der Waals surface area contributed by atoms with Crippen LogP contribution in [-0.4, -0.2) is 30.4 Å². The first-order chi connectivity index (χ1) is 6.47. The number of carbonyl (C=O) groups excluding carboxylic acids is 2. The molecule has 0 aromatic carbocycles. The zero-order valence-corrected chi connectivity index (χ0v) is 8.96. The zero-order chi connectivity index (χ0) is 11.1. The van der Waals surface area contributed by atoms with Gasteiger partial charge in [0.05, 0.1) is 12.6 Å². The van der Waals surface area contributed by atoms with Gasteiger partial charge < -0.3 is 11.1 Å². The van der Waals surface area contributed by atoms with E-state index in [-0.39, 0.29) is 18.5 Å². The van der Waals surface area contributed by atoms with Gasteiger partial charge in [-0.1, -0.05) is 6.92 Å². The Labute approximate surface area is 84.4 Å². The Morgan fingerprint density at radius 1 is 1.36 bits per heavy atom. The van der Waals surface area contributed by atoms with Gasteiger partial charge >= 0.3 is 0 Å². The predicted octanol–water partition coefficient (Wildman–Crippen LogP) is -0.635. The molecular formula is C9H19N3O2. The van der Waals surface area contributed by atoms with Crippen molar-refractivity contribution in [3.63, 3.8) is 0 Å². The molecule has 0 aromatic heterocycles. The van der Waals surface area contributed by atoms with Gasteiger partial charge in [-0.05, 0) is 20.3 Å². The summed E-state index contributed by atoms with van der Waals surface area (Å²) in [6.45, 7) is 5.72. The largest absolute Gasteiger partial charge is 0.368 e. The summed E-state index contributed by atoms with van der Waals surface area (Å²) in [5.74, 6) is -0.551. The Morgan fingerprint density at radius 3 is 2.29 bits per heavy atom. The Balaban J connectivity index is 3.80. The van der Waals surface area contributed by atoms with Crippen LogP contribution in [0.15, 0.2) is 0 Å². The molecule has 82 valence electrons. The summed E-state index contributed by atoms with van der Waals surface area (Å²) >= 11 is 0. The van der Waals surface area contributed by atoms with Crippen molar-refractivity contribution < 1.29 is 9.59 Å². The second-order valence-corrected chi connectivity index (χ2v) is 3.47. The van der Waals surface area contributed by atoms with Crippen LogP contribution in [0, 0.1) is 0 Å². The second kappa shape index (κ2) is 6.37. The van der Waals surface area contributed by atoms with Gasteiger partial charge in [-0.3, -0.25) is 14.9 Å². The minimum atomic E-state index is -0.426. The van der Waals surface area contributed by atoms with Gasteiger partial charge in [-0.25, -0.2) is 0 Å². The van der Waals surface area contributed by atoms with Crippen LogP contribution in [0.2, 0.25) is 0 Å². The molecule has 1 unspecified atom stereocenters. The molecule has 5 nitrogen and oxygen atoms in total. The molecule has 2 amide bonds. The van der Waals surface area contributed by atoms with Gasteiger partial charge in [-0.2, -0.15) is 0 Å². The fourth-order valence-corrected chi connectivity index (χ4v) is 1.04. The number of hydrogen-bond acceptors (Lipinski definition) is 3. The fraction of sp³-hybridized carbons (Fsp3) is 0.778. The lowest BCUT2D eigenvalue weighted by atomic mass is 10.2. The predicted molar refractivity (Wildman–Crippen MR) is 54.6 cm³/mol. The van der Waals surface area contributed by atoms with Crippen molar-refractivity contribution in [3.05, 3.63) is 0 Å². The summed E-state index contributed by atoms with van der Waals surface area (Å²) in [6.07, 6.45) is 0.588. The first-order valence-electron chi connectivity index (χ1n) is 4.79. The average Bonchev–Trinajstić information content (AvgIpc) is 2.03. The van der Waals surface area contributed by atoms with Gasteiger partial charge in [0.15, 0.2) is 0 Å². The molecule has 4 N–H and O–H groups in total. The Bertz CT molecular complexity index is 204. The molecule has 0 saturated heterocycles. The van der Waals surface area contributed by atoms with Crippen LogP contribution in [0.5, 0.6) is 0 Å². The number of primary amides is 1. The van der Waals surface area contributed by atoms with E-state index < -0.39 is 11.9 Å². The average molecular weight is 201 g/mol. The van der Waals surface area contributed by atoms with E-state index in [1.54, 1.807) is 0 Å². The first kappa shape index (κ1) is 12.9. The number of amides is 2. The van der Waals surface area contributed by atoms with E-state index in [1.165, 1.54) is 0 Å². The highest BCUT2D eigenvalue weighted by atomic mass is 16.2. The SMILES string of the molecule is CCC(NCC(=O)NC(C)C)C(N)=O. The van der Waals surface area contributed by atoms with Gasteiger partial charge in [0.1, 0.15) is 0 Å². The van der Waals surface area contributed by atoms with Crippen molar-refractivity contribution in [2.45, 2.75) is 39.3 Å². The molecular weight excluding hydrogens is 182 g/mol.